The number of rotatable bonds is 3. The van der Waals surface area contributed by atoms with Gasteiger partial charge in [-0.05, 0) is 20.8 Å². The van der Waals surface area contributed by atoms with Gasteiger partial charge in [0.25, 0.3) is 0 Å². The lowest BCUT2D eigenvalue weighted by atomic mass is 10.2. The first kappa shape index (κ1) is 14.8. The SMILES string of the molecule is C#CCOC[C@H]1CN(C(=O)OC(C)(C)C)CCO1. The minimum Gasteiger partial charge on any atom is -0.444 e. The third-order valence-electron chi connectivity index (χ3n) is 2.28. The number of carbonyl (C=O) groups is 1. The van der Waals surface area contributed by atoms with Gasteiger partial charge in [-0.2, -0.15) is 0 Å². The number of morpholine rings is 1. The standard InChI is InChI=1S/C13H21NO4/c1-5-7-16-10-11-9-14(6-8-17-11)12(15)18-13(2,3)4/h1,11H,6-10H2,2-4H3/t11-/m1/s1. The van der Waals surface area contributed by atoms with Crippen LogP contribution in [0.15, 0.2) is 0 Å². The van der Waals surface area contributed by atoms with Crippen LogP contribution < -0.4 is 0 Å². The minimum atomic E-state index is -0.481. The quantitative estimate of drug-likeness (QED) is 0.563. The van der Waals surface area contributed by atoms with E-state index in [0.717, 1.165) is 0 Å². The molecule has 1 atom stereocenters. The number of hydrogen-bond donors (Lipinski definition) is 0. The predicted octanol–water partition coefficient (Wildman–Crippen LogP) is 1.27. The molecule has 0 aliphatic carbocycles. The summed E-state index contributed by atoms with van der Waals surface area (Å²) in [5.41, 5.74) is -0.481. The van der Waals surface area contributed by atoms with Crippen molar-refractivity contribution in [1.29, 1.82) is 0 Å². The summed E-state index contributed by atoms with van der Waals surface area (Å²) in [6, 6.07) is 0. The molecule has 0 aromatic heterocycles. The predicted molar refractivity (Wildman–Crippen MR) is 67.2 cm³/mol. The Balaban J connectivity index is 2.39. The van der Waals surface area contributed by atoms with Crippen molar-refractivity contribution in [2.75, 3.05) is 32.9 Å². The summed E-state index contributed by atoms with van der Waals surface area (Å²) < 4.78 is 16.0. The summed E-state index contributed by atoms with van der Waals surface area (Å²) in [4.78, 5) is 13.5. The molecule has 1 saturated heterocycles. The van der Waals surface area contributed by atoms with Gasteiger partial charge in [0.15, 0.2) is 0 Å². The van der Waals surface area contributed by atoms with Gasteiger partial charge in [-0.25, -0.2) is 4.79 Å². The van der Waals surface area contributed by atoms with Crippen molar-refractivity contribution in [3.05, 3.63) is 0 Å². The maximum absolute atomic E-state index is 11.9. The average molecular weight is 255 g/mol. The van der Waals surface area contributed by atoms with E-state index in [2.05, 4.69) is 5.92 Å². The van der Waals surface area contributed by atoms with E-state index in [1.807, 2.05) is 20.8 Å². The van der Waals surface area contributed by atoms with E-state index in [0.29, 0.717) is 26.3 Å². The summed E-state index contributed by atoms with van der Waals surface area (Å²) in [7, 11) is 0. The number of hydrogen-bond acceptors (Lipinski definition) is 4. The molecule has 0 radical (unpaired) electrons. The molecule has 1 amide bonds. The zero-order valence-electron chi connectivity index (χ0n) is 11.3. The van der Waals surface area contributed by atoms with Crippen molar-refractivity contribution in [1.82, 2.24) is 4.90 Å². The fourth-order valence-corrected chi connectivity index (χ4v) is 1.56. The molecule has 102 valence electrons. The van der Waals surface area contributed by atoms with Gasteiger partial charge in [0.05, 0.1) is 25.9 Å². The molecule has 0 bridgehead atoms. The number of carbonyl (C=O) groups excluding carboxylic acids is 1. The highest BCUT2D eigenvalue weighted by Gasteiger charge is 2.28. The molecule has 1 aliphatic heterocycles. The molecule has 5 nitrogen and oxygen atoms in total. The zero-order valence-corrected chi connectivity index (χ0v) is 11.3. The normalized spacial score (nSPS) is 20.3. The van der Waals surface area contributed by atoms with Crippen LogP contribution in [0.4, 0.5) is 4.79 Å². The van der Waals surface area contributed by atoms with E-state index < -0.39 is 5.60 Å². The molecule has 0 unspecified atom stereocenters. The van der Waals surface area contributed by atoms with Gasteiger partial charge in [0.1, 0.15) is 12.2 Å². The van der Waals surface area contributed by atoms with Crippen LogP contribution in [-0.2, 0) is 14.2 Å². The molecule has 0 N–H and O–H groups in total. The highest BCUT2D eigenvalue weighted by Crippen LogP contribution is 2.13. The van der Waals surface area contributed by atoms with Gasteiger partial charge >= 0.3 is 6.09 Å². The monoisotopic (exact) mass is 255 g/mol. The van der Waals surface area contributed by atoms with Crippen molar-refractivity contribution < 1.29 is 19.0 Å². The smallest absolute Gasteiger partial charge is 0.410 e. The molecule has 0 saturated carbocycles. The minimum absolute atomic E-state index is 0.139. The summed E-state index contributed by atoms with van der Waals surface area (Å²) >= 11 is 0. The number of nitrogens with zero attached hydrogens (tertiary/aromatic N) is 1. The van der Waals surface area contributed by atoms with Gasteiger partial charge in [-0.15, -0.1) is 6.42 Å². The maximum Gasteiger partial charge on any atom is 0.410 e. The van der Waals surface area contributed by atoms with Gasteiger partial charge < -0.3 is 19.1 Å². The molecule has 0 spiro atoms. The molecular formula is C13H21NO4. The lowest BCUT2D eigenvalue weighted by Gasteiger charge is -2.34. The largest absolute Gasteiger partial charge is 0.444 e. The van der Waals surface area contributed by atoms with E-state index in [9.17, 15) is 4.79 Å². The molecule has 1 aliphatic rings. The van der Waals surface area contributed by atoms with Crippen LogP contribution in [0.25, 0.3) is 0 Å². The summed E-state index contributed by atoms with van der Waals surface area (Å²) in [6.07, 6.45) is 4.64. The van der Waals surface area contributed by atoms with Gasteiger partial charge in [0.2, 0.25) is 0 Å². The zero-order chi connectivity index (χ0) is 13.6. The second kappa shape index (κ2) is 6.62. The third kappa shape index (κ3) is 5.39. The topological polar surface area (TPSA) is 48.0 Å². The molecule has 18 heavy (non-hydrogen) atoms. The Labute approximate surface area is 108 Å². The summed E-state index contributed by atoms with van der Waals surface area (Å²) in [5, 5.41) is 0. The second-order valence-electron chi connectivity index (χ2n) is 5.14. The van der Waals surface area contributed by atoms with E-state index in [1.165, 1.54) is 0 Å². The van der Waals surface area contributed by atoms with Crippen LogP contribution in [0.5, 0.6) is 0 Å². The van der Waals surface area contributed by atoms with Crippen LogP contribution in [0.2, 0.25) is 0 Å². The Hall–Kier alpha value is -1.25. The molecular weight excluding hydrogens is 234 g/mol. The van der Waals surface area contributed by atoms with Gasteiger partial charge in [-0.1, -0.05) is 5.92 Å². The fourth-order valence-electron chi connectivity index (χ4n) is 1.56. The first-order valence-corrected chi connectivity index (χ1v) is 6.03. The first-order chi connectivity index (χ1) is 8.42. The summed E-state index contributed by atoms with van der Waals surface area (Å²) in [6.45, 7) is 7.69. The van der Waals surface area contributed by atoms with E-state index in [4.69, 9.17) is 20.6 Å². The number of amides is 1. The molecule has 0 aromatic rings. The van der Waals surface area contributed by atoms with Crippen molar-refractivity contribution >= 4 is 6.09 Å². The molecule has 1 rings (SSSR count). The molecule has 1 fully saturated rings. The van der Waals surface area contributed by atoms with Crippen molar-refractivity contribution in [2.45, 2.75) is 32.5 Å². The third-order valence-corrected chi connectivity index (χ3v) is 2.28. The van der Waals surface area contributed by atoms with Crippen LogP contribution in [0.1, 0.15) is 20.8 Å². The lowest BCUT2D eigenvalue weighted by Crippen LogP contribution is -2.48. The van der Waals surface area contributed by atoms with E-state index >= 15 is 0 Å². The van der Waals surface area contributed by atoms with Crippen molar-refractivity contribution in [3.8, 4) is 12.3 Å². The molecule has 5 heteroatoms. The maximum atomic E-state index is 11.9. The number of ether oxygens (including phenoxy) is 3. The Bertz CT molecular complexity index is 316. The van der Waals surface area contributed by atoms with E-state index in [-0.39, 0.29) is 18.8 Å². The van der Waals surface area contributed by atoms with Crippen LogP contribution in [-0.4, -0.2) is 55.6 Å². The second-order valence-corrected chi connectivity index (χ2v) is 5.14. The Kier molecular flexibility index (Phi) is 5.45. The highest BCUT2D eigenvalue weighted by molar-refractivity contribution is 5.68. The van der Waals surface area contributed by atoms with Gasteiger partial charge in [-0.3, -0.25) is 0 Å². The number of terminal acetylenes is 1. The Morgan fingerprint density at radius 2 is 2.28 bits per heavy atom. The summed E-state index contributed by atoms with van der Waals surface area (Å²) in [5.74, 6) is 2.39. The van der Waals surface area contributed by atoms with Crippen LogP contribution in [0, 0.1) is 12.3 Å². The fraction of sp³-hybridized carbons (Fsp3) is 0.769. The highest BCUT2D eigenvalue weighted by atomic mass is 16.6. The van der Waals surface area contributed by atoms with Crippen LogP contribution in [0.3, 0.4) is 0 Å². The Morgan fingerprint density at radius 1 is 1.56 bits per heavy atom. The first-order valence-electron chi connectivity index (χ1n) is 6.03. The average Bonchev–Trinajstić information content (AvgIpc) is 2.27. The Morgan fingerprint density at radius 3 is 2.89 bits per heavy atom. The molecule has 0 aromatic carbocycles. The van der Waals surface area contributed by atoms with Gasteiger partial charge in [0, 0.05) is 6.54 Å². The van der Waals surface area contributed by atoms with Crippen LogP contribution >= 0.6 is 0 Å². The van der Waals surface area contributed by atoms with Crippen molar-refractivity contribution in [2.24, 2.45) is 0 Å². The van der Waals surface area contributed by atoms with Crippen molar-refractivity contribution in [3.63, 3.8) is 0 Å². The lowest BCUT2D eigenvalue weighted by molar-refractivity contribution is -0.0689. The molecule has 1 heterocycles. The van der Waals surface area contributed by atoms with E-state index in [1.54, 1.807) is 4.90 Å².